The molecule has 2 aliphatic rings. The maximum atomic E-state index is 11.3. The Bertz CT molecular complexity index is 391. The van der Waals surface area contributed by atoms with Gasteiger partial charge in [-0.1, -0.05) is 18.2 Å². The number of nitrogens with one attached hydrogen (secondary N) is 1. The Morgan fingerprint density at radius 1 is 1.69 bits per heavy atom. The van der Waals surface area contributed by atoms with Crippen molar-refractivity contribution in [2.45, 2.75) is 6.10 Å². The van der Waals surface area contributed by atoms with Gasteiger partial charge < -0.3 is 15.8 Å². The minimum absolute atomic E-state index is 0.351. The number of hydrogen-bond acceptors (Lipinski definition) is 4. The van der Waals surface area contributed by atoms with E-state index in [9.17, 15) is 4.79 Å². The van der Waals surface area contributed by atoms with Crippen molar-refractivity contribution in [2.24, 2.45) is 5.73 Å². The van der Waals surface area contributed by atoms with Crippen molar-refractivity contribution in [2.75, 3.05) is 19.4 Å². The van der Waals surface area contributed by atoms with Crippen LogP contribution in [0.25, 0.3) is 0 Å². The lowest BCUT2D eigenvalue weighted by molar-refractivity contribution is -0.115. The average molecular weight is 238 g/mol. The maximum Gasteiger partial charge on any atom is 0.247 e. The fourth-order valence-electron chi connectivity index (χ4n) is 1.81. The number of carbonyl (C=O) groups is 1. The van der Waals surface area contributed by atoms with Gasteiger partial charge in [-0.3, -0.25) is 4.79 Å². The van der Waals surface area contributed by atoms with Crippen LogP contribution >= 0.6 is 11.8 Å². The Morgan fingerprint density at radius 3 is 3.06 bits per heavy atom. The molecule has 1 aliphatic carbocycles. The summed E-state index contributed by atoms with van der Waals surface area (Å²) in [5, 5.41) is 4.36. The molecule has 3 N–H and O–H groups in total. The molecule has 2 rings (SSSR count). The van der Waals surface area contributed by atoms with Gasteiger partial charge in [0, 0.05) is 30.6 Å². The predicted octanol–water partition coefficient (Wildman–Crippen LogP) is 0.531. The van der Waals surface area contributed by atoms with Crippen LogP contribution in [-0.4, -0.2) is 31.4 Å². The number of rotatable bonds is 2. The zero-order valence-electron chi connectivity index (χ0n) is 9.03. The molecule has 1 fully saturated rings. The van der Waals surface area contributed by atoms with E-state index in [2.05, 4.69) is 5.32 Å². The zero-order valence-corrected chi connectivity index (χ0v) is 9.84. The lowest BCUT2D eigenvalue weighted by atomic mass is 9.96. The third-order valence-corrected chi connectivity index (χ3v) is 3.61. The van der Waals surface area contributed by atoms with E-state index in [1.807, 2.05) is 12.2 Å². The van der Waals surface area contributed by atoms with E-state index < -0.39 is 5.91 Å². The standard InChI is InChI=1S/C11H14N2O2S/c1-15-9-7(10(12)14)3-2-4-8(9)11-13-5-6-16-11/h2-4,9,13H,5-6H2,1H3,(H2,12,14). The molecule has 0 saturated carbocycles. The van der Waals surface area contributed by atoms with Crippen LogP contribution in [-0.2, 0) is 9.53 Å². The van der Waals surface area contributed by atoms with Crippen LogP contribution in [0.3, 0.4) is 0 Å². The molecule has 0 aromatic heterocycles. The minimum Gasteiger partial charge on any atom is -0.379 e. The quantitative estimate of drug-likeness (QED) is 0.736. The largest absolute Gasteiger partial charge is 0.379 e. The highest BCUT2D eigenvalue weighted by Crippen LogP contribution is 2.30. The van der Waals surface area contributed by atoms with Gasteiger partial charge in [0.1, 0.15) is 6.10 Å². The lowest BCUT2D eigenvalue weighted by Crippen LogP contribution is -2.29. The predicted molar refractivity (Wildman–Crippen MR) is 64.7 cm³/mol. The van der Waals surface area contributed by atoms with Crippen molar-refractivity contribution >= 4 is 17.7 Å². The number of amides is 1. The molecule has 4 nitrogen and oxygen atoms in total. The van der Waals surface area contributed by atoms with Crippen molar-refractivity contribution in [1.82, 2.24) is 5.32 Å². The number of ether oxygens (including phenoxy) is 1. The second kappa shape index (κ2) is 4.76. The first-order valence-electron chi connectivity index (χ1n) is 5.05. The number of primary amides is 1. The maximum absolute atomic E-state index is 11.3. The van der Waals surface area contributed by atoms with Crippen molar-refractivity contribution in [3.63, 3.8) is 0 Å². The monoisotopic (exact) mass is 238 g/mol. The molecule has 16 heavy (non-hydrogen) atoms. The van der Waals surface area contributed by atoms with Gasteiger partial charge in [-0.2, -0.15) is 0 Å². The van der Waals surface area contributed by atoms with E-state index in [4.69, 9.17) is 10.5 Å². The Morgan fingerprint density at radius 2 is 2.50 bits per heavy atom. The Hall–Kier alpha value is -1.20. The summed E-state index contributed by atoms with van der Waals surface area (Å²) in [6, 6.07) is 0. The molecule has 1 aliphatic heterocycles. The molecule has 5 heteroatoms. The topological polar surface area (TPSA) is 64.3 Å². The Kier molecular flexibility index (Phi) is 3.36. The number of allylic oxidation sites excluding steroid dienone is 2. The molecule has 86 valence electrons. The molecule has 1 saturated heterocycles. The lowest BCUT2D eigenvalue weighted by Gasteiger charge is -2.22. The summed E-state index contributed by atoms with van der Waals surface area (Å²) in [5.41, 5.74) is 6.81. The summed E-state index contributed by atoms with van der Waals surface area (Å²) in [5.74, 6) is 0.607. The molecule has 0 radical (unpaired) electrons. The van der Waals surface area contributed by atoms with Crippen LogP contribution in [0.2, 0.25) is 0 Å². The van der Waals surface area contributed by atoms with E-state index in [0.29, 0.717) is 5.57 Å². The van der Waals surface area contributed by atoms with Gasteiger partial charge in [0.05, 0.1) is 5.03 Å². The zero-order chi connectivity index (χ0) is 11.5. The summed E-state index contributed by atoms with van der Waals surface area (Å²) in [7, 11) is 1.58. The third kappa shape index (κ3) is 2.01. The van der Waals surface area contributed by atoms with Crippen molar-refractivity contribution < 1.29 is 9.53 Å². The van der Waals surface area contributed by atoms with E-state index in [1.165, 1.54) is 0 Å². The van der Waals surface area contributed by atoms with Crippen LogP contribution in [0.5, 0.6) is 0 Å². The van der Waals surface area contributed by atoms with Gasteiger partial charge in [-0.15, -0.1) is 11.8 Å². The van der Waals surface area contributed by atoms with Crippen molar-refractivity contribution in [1.29, 1.82) is 0 Å². The first kappa shape index (κ1) is 11.3. The van der Waals surface area contributed by atoms with Gasteiger partial charge in [0.2, 0.25) is 5.91 Å². The molecule has 1 heterocycles. The molecule has 1 atom stereocenters. The SMILES string of the molecule is COC1C(C(N)=O)=CC=CC1=C1NCCS1. The normalized spacial score (nSPS) is 28.8. The number of thioether (sulfide) groups is 1. The number of carbonyl (C=O) groups excluding carboxylic acids is 1. The highest BCUT2D eigenvalue weighted by molar-refractivity contribution is 8.03. The van der Waals surface area contributed by atoms with E-state index >= 15 is 0 Å². The second-order valence-electron chi connectivity index (χ2n) is 3.52. The smallest absolute Gasteiger partial charge is 0.247 e. The van der Waals surface area contributed by atoms with E-state index in [1.54, 1.807) is 24.9 Å². The summed E-state index contributed by atoms with van der Waals surface area (Å²) in [4.78, 5) is 11.3. The summed E-state index contributed by atoms with van der Waals surface area (Å²) < 4.78 is 5.36. The first-order chi connectivity index (χ1) is 7.74. The van der Waals surface area contributed by atoms with Gasteiger partial charge >= 0.3 is 0 Å². The van der Waals surface area contributed by atoms with Gasteiger partial charge in [0.15, 0.2) is 0 Å². The molecular formula is C11H14N2O2S. The third-order valence-electron chi connectivity index (χ3n) is 2.53. The summed E-state index contributed by atoms with van der Waals surface area (Å²) in [6.07, 6.45) is 5.15. The first-order valence-corrected chi connectivity index (χ1v) is 6.04. The van der Waals surface area contributed by atoms with Crippen molar-refractivity contribution in [3.8, 4) is 0 Å². The fraction of sp³-hybridized carbons (Fsp3) is 0.364. The van der Waals surface area contributed by atoms with E-state index in [0.717, 1.165) is 22.9 Å². The molecule has 0 spiro atoms. The average Bonchev–Trinajstić information content (AvgIpc) is 2.81. The van der Waals surface area contributed by atoms with Gasteiger partial charge in [-0.05, 0) is 0 Å². The van der Waals surface area contributed by atoms with Gasteiger partial charge in [-0.25, -0.2) is 0 Å². The summed E-state index contributed by atoms with van der Waals surface area (Å²) in [6.45, 7) is 0.948. The van der Waals surface area contributed by atoms with Crippen LogP contribution in [0.4, 0.5) is 0 Å². The van der Waals surface area contributed by atoms with E-state index in [-0.39, 0.29) is 6.10 Å². The highest BCUT2D eigenvalue weighted by Gasteiger charge is 2.27. The Balaban J connectivity index is 2.35. The fourth-order valence-corrected chi connectivity index (χ4v) is 2.77. The van der Waals surface area contributed by atoms with Gasteiger partial charge in [0.25, 0.3) is 0 Å². The molecule has 1 unspecified atom stereocenters. The molecule has 1 amide bonds. The number of methoxy groups -OCH3 is 1. The Labute approximate surface area is 98.6 Å². The second-order valence-corrected chi connectivity index (χ2v) is 4.63. The number of nitrogens with two attached hydrogens (primary N) is 1. The number of hydrogen-bond donors (Lipinski definition) is 2. The molecule has 0 aromatic rings. The molecular weight excluding hydrogens is 224 g/mol. The van der Waals surface area contributed by atoms with Crippen molar-refractivity contribution in [3.05, 3.63) is 34.4 Å². The molecule has 0 aromatic carbocycles. The highest BCUT2D eigenvalue weighted by atomic mass is 32.2. The summed E-state index contributed by atoms with van der Waals surface area (Å²) >= 11 is 1.74. The van der Waals surface area contributed by atoms with Crippen LogP contribution in [0.15, 0.2) is 34.4 Å². The molecule has 0 bridgehead atoms. The van der Waals surface area contributed by atoms with Crippen LogP contribution in [0.1, 0.15) is 0 Å². The van der Waals surface area contributed by atoms with Crippen LogP contribution in [0, 0.1) is 0 Å². The minimum atomic E-state index is -0.433. The van der Waals surface area contributed by atoms with Crippen LogP contribution < -0.4 is 11.1 Å².